The number of nitrogens with one attached hydrogen (secondary N) is 1. The SMILES string of the molecule is COc1cn(-c2ccccc2)nc1C(=O)OCC(=O)Nc1c(C)n(C)n(-c2ccccc2)c1=O. The van der Waals surface area contributed by atoms with Crippen molar-refractivity contribution in [1.29, 1.82) is 0 Å². The Morgan fingerprint density at radius 3 is 2.24 bits per heavy atom. The summed E-state index contributed by atoms with van der Waals surface area (Å²) in [5.74, 6) is -1.27. The van der Waals surface area contributed by atoms with Crippen LogP contribution in [0.25, 0.3) is 11.4 Å². The molecule has 10 nitrogen and oxygen atoms in total. The zero-order valence-electron chi connectivity index (χ0n) is 18.9. The van der Waals surface area contributed by atoms with Crippen molar-refractivity contribution in [3.63, 3.8) is 0 Å². The van der Waals surface area contributed by atoms with Gasteiger partial charge < -0.3 is 14.8 Å². The Hall–Kier alpha value is -4.60. The van der Waals surface area contributed by atoms with Gasteiger partial charge in [0.1, 0.15) is 5.69 Å². The second-order valence-corrected chi connectivity index (χ2v) is 7.39. The molecule has 1 amide bonds. The fourth-order valence-corrected chi connectivity index (χ4v) is 3.45. The summed E-state index contributed by atoms with van der Waals surface area (Å²) in [4.78, 5) is 38.0. The van der Waals surface area contributed by atoms with Crippen LogP contribution in [0.15, 0.2) is 71.7 Å². The van der Waals surface area contributed by atoms with Crippen LogP contribution in [0.1, 0.15) is 16.2 Å². The number of benzene rings is 2. The van der Waals surface area contributed by atoms with Gasteiger partial charge in [0.05, 0.1) is 30.4 Å². The first-order chi connectivity index (χ1) is 16.4. The summed E-state index contributed by atoms with van der Waals surface area (Å²) >= 11 is 0. The van der Waals surface area contributed by atoms with Crippen LogP contribution in [-0.2, 0) is 16.6 Å². The maximum Gasteiger partial charge on any atom is 0.363 e. The van der Waals surface area contributed by atoms with Gasteiger partial charge >= 0.3 is 5.97 Å². The molecular formula is C24H23N5O5. The molecule has 1 N–H and O–H groups in total. The largest absolute Gasteiger partial charge is 0.493 e. The van der Waals surface area contributed by atoms with Crippen molar-refractivity contribution in [2.75, 3.05) is 19.0 Å². The average molecular weight is 461 g/mol. The Balaban J connectivity index is 1.47. The highest BCUT2D eigenvalue weighted by Crippen LogP contribution is 2.20. The highest BCUT2D eigenvalue weighted by Gasteiger charge is 2.22. The summed E-state index contributed by atoms with van der Waals surface area (Å²) in [7, 11) is 3.13. The van der Waals surface area contributed by atoms with Crippen LogP contribution in [0.3, 0.4) is 0 Å². The van der Waals surface area contributed by atoms with Gasteiger partial charge in [0.2, 0.25) is 5.69 Å². The Morgan fingerprint density at radius 1 is 1.00 bits per heavy atom. The molecule has 2 heterocycles. The minimum Gasteiger partial charge on any atom is -0.493 e. The summed E-state index contributed by atoms with van der Waals surface area (Å²) in [5, 5.41) is 6.77. The average Bonchev–Trinajstić information content (AvgIpc) is 3.39. The third-order valence-corrected chi connectivity index (χ3v) is 5.27. The van der Waals surface area contributed by atoms with Gasteiger partial charge in [-0.05, 0) is 31.2 Å². The van der Waals surface area contributed by atoms with Gasteiger partial charge in [0, 0.05) is 7.05 Å². The molecule has 0 fully saturated rings. The number of rotatable bonds is 7. The Labute approximate surface area is 194 Å². The molecule has 0 unspecified atom stereocenters. The number of anilines is 1. The van der Waals surface area contributed by atoms with E-state index in [0.29, 0.717) is 11.4 Å². The first-order valence-electron chi connectivity index (χ1n) is 10.4. The third-order valence-electron chi connectivity index (χ3n) is 5.27. The molecule has 2 aromatic carbocycles. The van der Waals surface area contributed by atoms with Gasteiger partial charge in [-0.25, -0.2) is 14.2 Å². The Kier molecular flexibility index (Phi) is 6.30. The van der Waals surface area contributed by atoms with Crippen LogP contribution < -0.4 is 15.6 Å². The Morgan fingerprint density at radius 2 is 1.62 bits per heavy atom. The first-order valence-corrected chi connectivity index (χ1v) is 10.4. The van der Waals surface area contributed by atoms with E-state index in [1.165, 1.54) is 16.5 Å². The van der Waals surface area contributed by atoms with Crippen molar-refractivity contribution in [3.8, 4) is 17.1 Å². The molecule has 0 saturated heterocycles. The topological polar surface area (TPSA) is 109 Å². The lowest BCUT2D eigenvalue weighted by molar-refractivity contribution is -0.119. The molecule has 34 heavy (non-hydrogen) atoms. The van der Waals surface area contributed by atoms with E-state index >= 15 is 0 Å². The highest BCUT2D eigenvalue weighted by atomic mass is 16.5. The van der Waals surface area contributed by atoms with Crippen LogP contribution in [0.5, 0.6) is 5.75 Å². The predicted octanol–water partition coefficient (Wildman–Crippen LogP) is 2.47. The van der Waals surface area contributed by atoms with E-state index < -0.39 is 24.0 Å². The zero-order valence-corrected chi connectivity index (χ0v) is 18.9. The number of para-hydroxylation sites is 2. The van der Waals surface area contributed by atoms with Gasteiger partial charge in [-0.15, -0.1) is 0 Å². The predicted molar refractivity (Wildman–Crippen MR) is 125 cm³/mol. The zero-order chi connectivity index (χ0) is 24.2. The van der Waals surface area contributed by atoms with E-state index in [4.69, 9.17) is 9.47 Å². The first kappa shape index (κ1) is 22.6. The molecule has 4 rings (SSSR count). The number of amides is 1. The summed E-state index contributed by atoms with van der Waals surface area (Å²) < 4.78 is 14.9. The third kappa shape index (κ3) is 4.33. The number of hydrogen-bond acceptors (Lipinski definition) is 6. The number of hydrogen-bond donors (Lipinski definition) is 1. The summed E-state index contributed by atoms with van der Waals surface area (Å²) in [6.07, 6.45) is 1.55. The number of nitrogens with zero attached hydrogens (tertiary/aromatic N) is 4. The van der Waals surface area contributed by atoms with Crippen molar-refractivity contribution in [1.82, 2.24) is 19.1 Å². The summed E-state index contributed by atoms with van der Waals surface area (Å²) in [6.45, 7) is 1.11. The molecule has 0 bridgehead atoms. The monoisotopic (exact) mass is 461 g/mol. The number of methoxy groups -OCH3 is 1. The Bertz CT molecular complexity index is 1390. The number of aromatic nitrogens is 4. The number of esters is 1. The second-order valence-electron chi connectivity index (χ2n) is 7.39. The second kappa shape index (κ2) is 9.49. The molecule has 4 aromatic rings. The number of ether oxygens (including phenoxy) is 2. The smallest absolute Gasteiger partial charge is 0.363 e. The fraction of sp³-hybridized carbons (Fsp3) is 0.167. The van der Waals surface area contributed by atoms with Crippen LogP contribution in [-0.4, -0.2) is 44.7 Å². The van der Waals surface area contributed by atoms with E-state index in [0.717, 1.165) is 5.69 Å². The highest BCUT2D eigenvalue weighted by molar-refractivity contribution is 5.96. The maximum absolute atomic E-state index is 12.9. The normalized spacial score (nSPS) is 10.7. The van der Waals surface area contributed by atoms with Crippen LogP contribution in [0.2, 0.25) is 0 Å². The molecule has 0 atom stereocenters. The van der Waals surface area contributed by atoms with Gasteiger partial charge in [-0.1, -0.05) is 36.4 Å². The summed E-state index contributed by atoms with van der Waals surface area (Å²) in [5.41, 5.74) is 1.59. The molecule has 2 aromatic heterocycles. The maximum atomic E-state index is 12.9. The van der Waals surface area contributed by atoms with Crippen LogP contribution in [0, 0.1) is 6.92 Å². The van der Waals surface area contributed by atoms with Crippen molar-refractivity contribution in [3.05, 3.63) is 88.6 Å². The van der Waals surface area contributed by atoms with E-state index in [1.807, 2.05) is 48.5 Å². The molecule has 10 heteroatoms. The van der Waals surface area contributed by atoms with Crippen LogP contribution >= 0.6 is 0 Å². The summed E-state index contributed by atoms with van der Waals surface area (Å²) in [6, 6.07) is 18.2. The van der Waals surface area contributed by atoms with Crippen molar-refractivity contribution in [2.45, 2.75) is 6.92 Å². The van der Waals surface area contributed by atoms with Gasteiger partial charge in [-0.2, -0.15) is 5.10 Å². The van der Waals surface area contributed by atoms with E-state index in [-0.39, 0.29) is 17.1 Å². The molecule has 0 aliphatic carbocycles. The molecular weight excluding hydrogens is 438 g/mol. The van der Waals surface area contributed by atoms with Crippen molar-refractivity contribution >= 4 is 17.6 Å². The molecule has 0 aliphatic rings. The van der Waals surface area contributed by atoms with Crippen LogP contribution in [0.4, 0.5) is 5.69 Å². The number of carbonyl (C=O) groups is 2. The quantitative estimate of drug-likeness (QED) is 0.424. The standard InChI is InChI=1S/C24H23N5O5/c1-16-21(23(31)29(27(16)2)18-12-8-5-9-13-18)25-20(30)15-34-24(32)22-19(33-3)14-28(26-22)17-10-6-4-7-11-17/h4-14H,15H2,1-3H3,(H,25,30). The van der Waals surface area contributed by atoms with E-state index in [9.17, 15) is 14.4 Å². The molecule has 0 spiro atoms. The van der Waals surface area contributed by atoms with Gasteiger partial charge in [0.15, 0.2) is 12.4 Å². The molecule has 0 radical (unpaired) electrons. The minimum atomic E-state index is -0.826. The van der Waals surface area contributed by atoms with Crippen molar-refractivity contribution < 1.29 is 19.1 Å². The van der Waals surface area contributed by atoms with E-state index in [2.05, 4.69) is 10.4 Å². The van der Waals surface area contributed by atoms with Gasteiger partial charge in [-0.3, -0.25) is 14.3 Å². The van der Waals surface area contributed by atoms with Gasteiger partial charge in [0.25, 0.3) is 11.5 Å². The number of carbonyl (C=O) groups excluding carboxylic acids is 2. The molecule has 174 valence electrons. The molecule has 0 saturated carbocycles. The van der Waals surface area contributed by atoms with E-state index in [1.54, 1.807) is 37.0 Å². The lowest BCUT2D eigenvalue weighted by Crippen LogP contribution is -2.26. The minimum absolute atomic E-state index is 0.0681. The lowest BCUT2D eigenvalue weighted by atomic mass is 10.3. The lowest BCUT2D eigenvalue weighted by Gasteiger charge is -2.07. The fourth-order valence-electron chi connectivity index (χ4n) is 3.45. The molecule has 0 aliphatic heterocycles. The van der Waals surface area contributed by atoms with Crippen molar-refractivity contribution in [2.24, 2.45) is 7.05 Å².